The van der Waals surface area contributed by atoms with Crippen LogP contribution in [0.1, 0.15) is 20.8 Å². The maximum absolute atomic E-state index is 12.9. The van der Waals surface area contributed by atoms with Gasteiger partial charge in [0.25, 0.3) is 5.91 Å². The number of hydrogen-bond acceptors (Lipinski definition) is 3. The summed E-state index contributed by atoms with van der Waals surface area (Å²) in [7, 11) is 1.52. The standard InChI is InChI=1S/C15H20BrFN2O3/c1-15(2,3)18-13(20)8-19(4)14(21)9-22-12-6-5-10(17)7-11(12)16/h5-7H,8-9H2,1-4H3,(H,18,20). The van der Waals surface area contributed by atoms with Gasteiger partial charge in [0.1, 0.15) is 11.6 Å². The zero-order chi connectivity index (χ0) is 16.9. The molecule has 0 aliphatic rings. The van der Waals surface area contributed by atoms with Crippen molar-refractivity contribution in [3.05, 3.63) is 28.5 Å². The van der Waals surface area contributed by atoms with Gasteiger partial charge in [0.15, 0.2) is 6.61 Å². The molecule has 0 radical (unpaired) electrons. The second-order valence-electron chi connectivity index (χ2n) is 5.91. The highest BCUT2D eigenvalue weighted by molar-refractivity contribution is 9.10. The zero-order valence-electron chi connectivity index (χ0n) is 13.1. The Morgan fingerprint density at radius 1 is 1.36 bits per heavy atom. The van der Waals surface area contributed by atoms with Crippen LogP contribution in [0.3, 0.4) is 0 Å². The van der Waals surface area contributed by atoms with E-state index in [0.29, 0.717) is 10.2 Å². The van der Waals surface area contributed by atoms with Crippen LogP contribution in [0, 0.1) is 5.82 Å². The Morgan fingerprint density at radius 3 is 2.55 bits per heavy atom. The Hall–Kier alpha value is -1.63. The first-order valence-corrected chi connectivity index (χ1v) is 7.50. The lowest BCUT2D eigenvalue weighted by molar-refractivity contribution is -0.136. The third kappa shape index (κ3) is 6.43. The van der Waals surface area contributed by atoms with Crippen LogP contribution in [-0.4, -0.2) is 42.5 Å². The first kappa shape index (κ1) is 18.4. The van der Waals surface area contributed by atoms with E-state index in [4.69, 9.17) is 4.74 Å². The molecule has 0 bridgehead atoms. The van der Waals surface area contributed by atoms with Crippen LogP contribution >= 0.6 is 15.9 Å². The summed E-state index contributed by atoms with van der Waals surface area (Å²) >= 11 is 3.15. The van der Waals surface area contributed by atoms with Gasteiger partial charge in [0.2, 0.25) is 5.91 Å². The Morgan fingerprint density at radius 2 is 2.00 bits per heavy atom. The lowest BCUT2D eigenvalue weighted by atomic mass is 10.1. The highest BCUT2D eigenvalue weighted by Gasteiger charge is 2.18. The lowest BCUT2D eigenvalue weighted by Crippen LogP contribution is -2.47. The average Bonchev–Trinajstić information content (AvgIpc) is 2.34. The minimum Gasteiger partial charge on any atom is -0.483 e. The van der Waals surface area contributed by atoms with Gasteiger partial charge in [0.05, 0.1) is 11.0 Å². The van der Waals surface area contributed by atoms with Crippen molar-refractivity contribution in [3.63, 3.8) is 0 Å². The van der Waals surface area contributed by atoms with Crippen molar-refractivity contribution in [2.24, 2.45) is 0 Å². The minimum atomic E-state index is -0.401. The van der Waals surface area contributed by atoms with E-state index in [1.807, 2.05) is 20.8 Å². The number of amides is 2. The highest BCUT2D eigenvalue weighted by atomic mass is 79.9. The molecular weight excluding hydrogens is 355 g/mol. The van der Waals surface area contributed by atoms with Gasteiger partial charge in [-0.05, 0) is 54.9 Å². The van der Waals surface area contributed by atoms with Crippen molar-refractivity contribution in [3.8, 4) is 5.75 Å². The number of rotatable bonds is 5. The van der Waals surface area contributed by atoms with Crippen molar-refractivity contribution in [1.29, 1.82) is 0 Å². The fourth-order valence-electron chi connectivity index (χ4n) is 1.60. The van der Waals surface area contributed by atoms with Gasteiger partial charge >= 0.3 is 0 Å². The largest absolute Gasteiger partial charge is 0.483 e. The molecule has 0 heterocycles. The topological polar surface area (TPSA) is 58.6 Å². The molecule has 122 valence electrons. The maximum Gasteiger partial charge on any atom is 0.260 e. The van der Waals surface area contributed by atoms with Gasteiger partial charge in [-0.1, -0.05) is 0 Å². The molecule has 1 aromatic carbocycles. The fraction of sp³-hybridized carbons (Fsp3) is 0.467. The van der Waals surface area contributed by atoms with E-state index in [2.05, 4.69) is 21.2 Å². The van der Waals surface area contributed by atoms with E-state index in [9.17, 15) is 14.0 Å². The van der Waals surface area contributed by atoms with Gasteiger partial charge in [-0.3, -0.25) is 9.59 Å². The Bertz CT molecular complexity index is 558. The quantitative estimate of drug-likeness (QED) is 0.860. The SMILES string of the molecule is CN(CC(=O)NC(C)(C)C)C(=O)COc1ccc(F)cc1Br. The van der Waals surface area contributed by atoms with Gasteiger partial charge < -0.3 is 15.0 Å². The van der Waals surface area contributed by atoms with E-state index in [-0.39, 0.29) is 30.5 Å². The maximum atomic E-state index is 12.9. The van der Waals surface area contributed by atoms with Crippen LogP contribution in [0.4, 0.5) is 4.39 Å². The first-order valence-electron chi connectivity index (χ1n) is 6.71. The monoisotopic (exact) mass is 374 g/mol. The molecular formula is C15H20BrFN2O3. The number of hydrogen-bond donors (Lipinski definition) is 1. The Labute approximate surface area is 137 Å². The van der Waals surface area contributed by atoms with Crippen molar-refractivity contribution >= 4 is 27.7 Å². The first-order chi connectivity index (χ1) is 10.1. The molecule has 0 aromatic heterocycles. The summed E-state index contributed by atoms with van der Waals surface area (Å²) in [5.41, 5.74) is -0.351. The van der Waals surface area contributed by atoms with Gasteiger partial charge in [-0.25, -0.2) is 4.39 Å². The number of halogens is 2. The normalized spacial score (nSPS) is 11.0. The summed E-state index contributed by atoms with van der Waals surface area (Å²) in [6, 6.07) is 3.92. The zero-order valence-corrected chi connectivity index (χ0v) is 14.7. The summed E-state index contributed by atoms with van der Waals surface area (Å²) < 4.78 is 18.7. The number of ether oxygens (including phenoxy) is 1. The van der Waals surface area contributed by atoms with E-state index >= 15 is 0 Å². The molecule has 0 aliphatic carbocycles. The fourth-order valence-corrected chi connectivity index (χ4v) is 2.07. The minimum absolute atomic E-state index is 0.0515. The number of benzene rings is 1. The summed E-state index contributed by atoms with van der Waals surface area (Å²) in [4.78, 5) is 24.9. The van der Waals surface area contributed by atoms with Crippen LogP contribution in [0.2, 0.25) is 0 Å². The smallest absolute Gasteiger partial charge is 0.260 e. The molecule has 0 saturated carbocycles. The van der Waals surface area contributed by atoms with Crippen LogP contribution < -0.4 is 10.1 Å². The van der Waals surface area contributed by atoms with Crippen molar-refractivity contribution in [2.45, 2.75) is 26.3 Å². The van der Waals surface area contributed by atoms with E-state index in [1.54, 1.807) is 0 Å². The van der Waals surface area contributed by atoms with E-state index in [1.165, 1.54) is 30.1 Å². The number of carbonyl (C=O) groups excluding carboxylic acids is 2. The van der Waals surface area contributed by atoms with Crippen molar-refractivity contribution in [1.82, 2.24) is 10.2 Å². The van der Waals surface area contributed by atoms with Crippen molar-refractivity contribution < 1.29 is 18.7 Å². The third-order valence-corrected chi connectivity index (χ3v) is 3.19. The number of nitrogens with zero attached hydrogens (tertiary/aromatic N) is 1. The molecule has 0 spiro atoms. The Kier molecular flexibility index (Phi) is 6.34. The van der Waals surface area contributed by atoms with Crippen LogP contribution in [0.25, 0.3) is 0 Å². The van der Waals surface area contributed by atoms with Gasteiger partial charge in [-0.2, -0.15) is 0 Å². The molecule has 0 saturated heterocycles. The summed E-state index contributed by atoms with van der Waals surface area (Å²) in [5, 5.41) is 2.77. The predicted molar refractivity (Wildman–Crippen MR) is 85.1 cm³/mol. The number of nitrogens with one attached hydrogen (secondary N) is 1. The van der Waals surface area contributed by atoms with Crippen LogP contribution in [0.5, 0.6) is 5.75 Å². The van der Waals surface area contributed by atoms with Gasteiger partial charge in [0, 0.05) is 12.6 Å². The molecule has 0 aliphatic heterocycles. The summed E-state index contributed by atoms with van der Waals surface area (Å²) in [6.45, 7) is 5.30. The number of carbonyl (C=O) groups is 2. The molecule has 2 amide bonds. The predicted octanol–water partition coefficient (Wildman–Crippen LogP) is 2.34. The molecule has 0 fully saturated rings. The van der Waals surface area contributed by atoms with Gasteiger partial charge in [-0.15, -0.1) is 0 Å². The molecule has 5 nitrogen and oxygen atoms in total. The second kappa shape index (κ2) is 7.58. The second-order valence-corrected chi connectivity index (χ2v) is 6.77. The molecule has 0 atom stereocenters. The summed E-state index contributed by atoms with van der Waals surface area (Å²) in [6.07, 6.45) is 0. The summed E-state index contributed by atoms with van der Waals surface area (Å²) in [5.74, 6) is -0.629. The molecule has 1 aromatic rings. The molecule has 7 heteroatoms. The molecule has 22 heavy (non-hydrogen) atoms. The lowest BCUT2D eigenvalue weighted by Gasteiger charge is -2.23. The highest BCUT2D eigenvalue weighted by Crippen LogP contribution is 2.25. The molecule has 1 rings (SSSR count). The van der Waals surface area contributed by atoms with Crippen LogP contribution in [-0.2, 0) is 9.59 Å². The van der Waals surface area contributed by atoms with E-state index < -0.39 is 5.82 Å². The van der Waals surface area contributed by atoms with Crippen LogP contribution in [0.15, 0.2) is 22.7 Å². The molecule has 1 N–H and O–H groups in total. The number of likely N-dealkylation sites (N-methyl/N-ethyl adjacent to an activating group) is 1. The molecule has 0 unspecified atom stereocenters. The van der Waals surface area contributed by atoms with E-state index in [0.717, 1.165) is 0 Å². The Balaban J connectivity index is 2.49. The van der Waals surface area contributed by atoms with Crippen molar-refractivity contribution in [2.75, 3.05) is 20.2 Å². The third-order valence-electron chi connectivity index (χ3n) is 2.57. The average molecular weight is 375 g/mol.